The third kappa shape index (κ3) is 8.01. The van der Waals surface area contributed by atoms with E-state index in [4.69, 9.17) is 17.2 Å². The number of oxime groups is 1. The minimum atomic E-state index is -4.40. The van der Waals surface area contributed by atoms with Gasteiger partial charge < -0.3 is 4.84 Å². The number of hydrogen-bond acceptors (Lipinski definition) is 5. The van der Waals surface area contributed by atoms with Crippen molar-refractivity contribution in [3.8, 4) is 0 Å². The molecule has 1 saturated carbocycles. The third-order valence-electron chi connectivity index (χ3n) is 6.94. The Morgan fingerprint density at radius 1 is 1.08 bits per heavy atom. The zero-order valence-corrected chi connectivity index (χ0v) is 21.4. The second kappa shape index (κ2) is 13.5. The van der Waals surface area contributed by atoms with E-state index in [1.165, 1.54) is 6.07 Å². The Morgan fingerprint density at radius 2 is 1.78 bits per heavy atom. The maximum Gasteiger partial charge on any atom is 0.416 e. The molecule has 2 fully saturated rings. The molecule has 1 heterocycles. The summed E-state index contributed by atoms with van der Waals surface area (Å²) in [4.78, 5) is 23.5. The number of nitrogens with zero attached hydrogens (tertiary/aromatic N) is 2. The van der Waals surface area contributed by atoms with Crippen molar-refractivity contribution in [1.82, 2.24) is 4.90 Å². The maximum atomic E-state index is 13.8. The summed E-state index contributed by atoms with van der Waals surface area (Å²) in [6.07, 6.45) is 2.19. The van der Waals surface area contributed by atoms with Gasteiger partial charge in [-0.25, -0.2) is 0 Å². The first-order valence-corrected chi connectivity index (χ1v) is 12.8. The Hall–Kier alpha value is -2.96. The smallest absolute Gasteiger partial charge is 0.391 e. The van der Waals surface area contributed by atoms with Crippen LogP contribution in [0.15, 0.2) is 41.6 Å². The van der Waals surface area contributed by atoms with E-state index in [-0.39, 0.29) is 18.7 Å². The Balaban J connectivity index is 0.00000134. The minimum absolute atomic E-state index is 0.0337. The average molecular weight is 519 g/mol. The fourth-order valence-corrected chi connectivity index (χ4v) is 4.78. The number of alkyl halides is 3. The van der Waals surface area contributed by atoms with Gasteiger partial charge in [0.2, 0.25) is 0 Å². The third-order valence-corrected chi connectivity index (χ3v) is 6.94. The highest BCUT2D eigenvalue weighted by Gasteiger charge is 2.35. The van der Waals surface area contributed by atoms with Gasteiger partial charge in [0.1, 0.15) is 6.61 Å². The van der Waals surface area contributed by atoms with E-state index < -0.39 is 18.2 Å². The largest absolute Gasteiger partial charge is 0.416 e. The number of benzene rings is 2. The van der Waals surface area contributed by atoms with Crippen molar-refractivity contribution in [2.75, 3.05) is 13.1 Å². The number of likely N-dealkylation sites (tertiary alicyclic amines) is 1. The van der Waals surface area contributed by atoms with E-state index in [9.17, 15) is 13.2 Å². The van der Waals surface area contributed by atoms with Crippen molar-refractivity contribution in [1.29, 1.82) is 0 Å². The Bertz CT molecular complexity index is 1180. The van der Waals surface area contributed by atoms with Crippen LogP contribution in [0.25, 0.3) is 0 Å². The second-order valence-electron chi connectivity index (χ2n) is 9.47. The molecule has 2 aliphatic rings. The zero-order valence-electron chi connectivity index (χ0n) is 23.4. The van der Waals surface area contributed by atoms with Gasteiger partial charge in [-0.3, -0.25) is 4.90 Å². The fourth-order valence-electron chi connectivity index (χ4n) is 4.78. The molecule has 0 N–H and O–H groups in total. The SMILES string of the molecule is O=C=O.[2H]C([2H])(c1ccc(/C(C)=N/OCc2ccc(C3CCCCC3)c(C(F)(F)F)c2)cc1CC)N1CCC1. The molecule has 1 aliphatic carbocycles. The molecule has 0 radical (unpaired) electrons. The molecule has 0 amide bonds. The van der Waals surface area contributed by atoms with Gasteiger partial charge in [0.15, 0.2) is 0 Å². The fraction of sp³-hybridized carbons (Fsp3) is 0.517. The Labute approximate surface area is 219 Å². The molecule has 4 rings (SSSR count). The zero-order chi connectivity index (χ0) is 28.6. The van der Waals surface area contributed by atoms with Crippen LogP contribution >= 0.6 is 0 Å². The summed E-state index contributed by atoms with van der Waals surface area (Å²) in [6.45, 7) is 3.72. The molecule has 2 aromatic carbocycles. The van der Waals surface area contributed by atoms with Crippen LogP contribution in [0.1, 0.15) is 94.4 Å². The molecule has 1 saturated heterocycles. The van der Waals surface area contributed by atoms with Crippen LogP contribution in [0.5, 0.6) is 0 Å². The molecular formula is C29H35F3N2O3. The van der Waals surface area contributed by atoms with Gasteiger partial charge in [-0.1, -0.05) is 55.6 Å². The van der Waals surface area contributed by atoms with Gasteiger partial charge in [0, 0.05) is 9.24 Å². The van der Waals surface area contributed by atoms with Crippen molar-refractivity contribution >= 4 is 11.9 Å². The van der Waals surface area contributed by atoms with Crippen molar-refractivity contribution < 1.29 is 30.3 Å². The first-order valence-electron chi connectivity index (χ1n) is 13.8. The van der Waals surface area contributed by atoms with Gasteiger partial charge in [-0.15, -0.1) is 0 Å². The van der Waals surface area contributed by atoms with E-state index in [1.54, 1.807) is 19.1 Å². The Kier molecular flexibility index (Phi) is 9.40. The van der Waals surface area contributed by atoms with E-state index in [2.05, 4.69) is 5.16 Å². The number of rotatable bonds is 8. The summed E-state index contributed by atoms with van der Waals surface area (Å²) in [6, 6.07) is 10.1. The van der Waals surface area contributed by atoms with E-state index in [0.29, 0.717) is 28.8 Å². The second-order valence-corrected chi connectivity index (χ2v) is 9.47. The van der Waals surface area contributed by atoms with Crippen molar-refractivity contribution in [2.24, 2.45) is 5.16 Å². The van der Waals surface area contributed by atoms with Crippen LogP contribution in [0, 0.1) is 0 Å². The lowest BCUT2D eigenvalue weighted by atomic mass is 9.81. The van der Waals surface area contributed by atoms with Crippen LogP contribution in [-0.2, 0) is 40.1 Å². The quantitative estimate of drug-likeness (QED) is 0.282. The summed E-state index contributed by atoms with van der Waals surface area (Å²) >= 11 is 0. The molecule has 8 heteroatoms. The average Bonchev–Trinajstić information content (AvgIpc) is 2.87. The maximum absolute atomic E-state index is 13.8. The molecule has 0 atom stereocenters. The first kappa shape index (κ1) is 25.7. The number of carbonyl (C=O) groups excluding carboxylic acids is 2. The summed E-state index contributed by atoms with van der Waals surface area (Å²) in [5.74, 6) is -0.0337. The molecule has 1 aliphatic heterocycles. The molecular weight excluding hydrogens is 481 g/mol. The highest BCUT2D eigenvalue weighted by Crippen LogP contribution is 2.41. The lowest BCUT2D eigenvalue weighted by Crippen LogP contribution is -2.36. The molecule has 0 aromatic heterocycles. The minimum Gasteiger partial charge on any atom is -0.391 e. The summed E-state index contributed by atoms with van der Waals surface area (Å²) in [7, 11) is 0. The topological polar surface area (TPSA) is 59.0 Å². The van der Waals surface area contributed by atoms with Gasteiger partial charge in [0.05, 0.1) is 11.3 Å². The number of halogens is 3. The summed E-state index contributed by atoms with van der Waals surface area (Å²) < 4.78 is 58.6. The van der Waals surface area contributed by atoms with Gasteiger partial charge in [0.25, 0.3) is 0 Å². The predicted octanol–water partition coefficient (Wildman–Crippen LogP) is 6.88. The predicted molar refractivity (Wildman–Crippen MR) is 135 cm³/mol. The molecule has 5 nitrogen and oxygen atoms in total. The molecule has 200 valence electrons. The van der Waals surface area contributed by atoms with Gasteiger partial charge >= 0.3 is 12.3 Å². The monoisotopic (exact) mass is 518 g/mol. The molecule has 37 heavy (non-hydrogen) atoms. The normalized spacial score (nSPS) is 18.0. The molecule has 0 bridgehead atoms. The number of hydrogen-bond donors (Lipinski definition) is 0. The number of aryl methyl sites for hydroxylation is 1. The van der Waals surface area contributed by atoms with Crippen LogP contribution in [0.3, 0.4) is 0 Å². The van der Waals surface area contributed by atoms with Crippen molar-refractivity contribution in [3.05, 3.63) is 69.8 Å². The van der Waals surface area contributed by atoms with Crippen molar-refractivity contribution in [3.63, 3.8) is 0 Å². The van der Waals surface area contributed by atoms with Crippen LogP contribution in [-0.4, -0.2) is 29.9 Å². The van der Waals surface area contributed by atoms with Crippen LogP contribution in [0.4, 0.5) is 13.2 Å². The van der Waals surface area contributed by atoms with Gasteiger partial charge in [-0.05, 0) is 91.6 Å². The highest BCUT2D eigenvalue weighted by atomic mass is 19.4. The lowest BCUT2D eigenvalue weighted by Gasteiger charge is -2.31. The highest BCUT2D eigenvalue weighted by molar-refractivity contribution is 5.98. The first-order chi connectivity index (χ1) is 18.5. The van der Waals surface area contributed by atoms with Crippen LogP contribution in [0.2, 0.25) is 0 Å². The molecule has 2 aromatic rings. The van der Waals surface area contributed by atoms with Gasteiger partial charge in [-0.2, -0.15) is 22.8 Å². The van der Waals surface area contributed by atoms with Crippen LogP contribution < -0.4 is 0 Å². The van der Waals surface area contributed by atoms with E-state index >= 15 is 0 Å². The van der Waals surface area contributed by atoms with E-state index in [1.807, 2.05) is 30.0 Å². The lowest BCUT2D eigenvalue weighted by molar-refractivity contribution is -0.191. The standard InChI is InChI=1S/C28H35F3N2O.CO2/c1-3-22-17-24(11-12-25(22)18-33-14-7-15-33)20(2)32-34-19-21-10-13-26(23-8-5-4-6-9-23)27(16-21)28(29,30)31;2-1-3/h10-13,16-17,23H,3-9,14-15,18-19H2,1-2H3;/b32-20+;/i18D2;. The molecule has 0 unspecified atom stereocenters. The summed E-state index contributed by atoms with van der Waals surface area (Å²) in [5.41, 5.74) is 3.25. The van der Waals surface area contributed by atoms with Crippen molar-refractivity contribution in [2.45, 2.75) is 84.0 Å². The Morgan fingerprint density at radius 3 is 2.38 bits per heavy atom. The molecule has 0 spiro atoms. The van der Waals surface area contributed by atoms with E-state index in [0.717, 1.165) is 62.7 Å². The summed E-state index contributed by atoms with van der Waals surface area (Å²) in [5, 5.41) is 4.15.